The first-order chi connectivity index (χ1) is 6.20. The summed E-state index contributed by atoms with van der Waals surface area (Å²) < 4.78 is 0. The molecule has 0 aromatic heterocycles. The van der Waals surface area contributed by atoms with Crippen molar-refractivity contribution in [3.63, 3.8) is 0 Å². The molecule has 78 valence electrons. The Morgan fingerprint density at radius 1 is 1.15 bits per heavy atom. The van der Waals surface area contributed by atoms with Gasteiger partial charge in [0.05, 0.1) is 0 Å². The minimum atomic E-state index is 0.797. The van der Waals surface area contributed by atoms with Crippen LogP contribution in [0.15, 0.2) is 12.2 Å². The van der Waals surface area contributed by atoms with Gasteiger partial charge < -0.3 is 5.73 Å². The second-order valence-electron chi connectivity index (χ2n) is 4.17. The van der Waals surface area contributed by atoms with Crippen LogP contribution in [0.1, 0.15) is 46.5 Å². The maximum atomic E-state index is 5.52. The van der Waals surface area contributed by atoms with Crippen LogP contribution >= 0.6 is 0 Å². The van der Waals surface area contributed by atoms with Crippen LogP contribution in [0.5, 0.6) is 0 Å². The van der Waals surface area contributed by atoms with E-state index in [9.17, 15) is 0 Å². The van der Waals surface area contributed by atoms with Crippen molar-refractivity contribution in [3.05, 3.63) is 12.2 Å². The number of hydrogen-bond acceptors (Lipinski definition) is 1. The Bertz CT molecular complexity index is 129. The maximum absolute atomic E-state index is 5.52. The average Bonchev–Trinajstić information content (AvgIpc) is 2.05. The van der Waals surface area contributed by atoms with E-state index in [1.807, 2.05) is 0 Å². The lowest BCUT2D eigenvalue weighted by atomic mass is 9.91. The van der Waals surface area contributed by atoms with E-state index in [-0.39, 0.29) is 0 Å². The minimum absolute atomic E-state index is 0.797. The second kappa shape index (κ2) is 8.31. The van der Waals surface area contributed by atoms with Crippen molar-refractivity contribution in [2.45, 2.75) is 46.5 Å². The predicted octanol–water partition coefficient (Wildman–Crippen LogP) is 3.35. The van der Waals surface area contributed by atoms with Crippen LogP contribution in [-0.2, 0) is 0 Å². The van der Waals surface area contributed by atoms with E-state index in [4.69, 9.17) is 5.73 Å². The van der Waals surface area contributed by atoms with E-state index in [2.05, 4.69) is 32.9 Å². The summed E-state index contributed by atoms with van der Waals surface area (Å²) in [6, 6.07) is 0. The molecule has 0 aliphatic heterocycles. The van der Waals surface area contributed by atoms with Gasteiger partial charge in [0.2, 0.25) is 0 Å². The fourth-order valence-corrected chi connectivity index (χ4v) is 1.75. The Morgan fingerprint density at radius 3 is 2.31 bits per heavy atom. The Labute approximate surface area is 83.4 Å². The quantitative estimate of drug-likeness (QED) is 0.602. The van der Waals surface area contributed by atoms with Crippen LogP contribution in [-0.4, -0.2) is 6.54 Å². The molecule has 2 unspecified atom stereocenters. The van der Waals surface area contributed by atoms with Crippen LogP contribution in [0.25, 0.3) is 0 Å². The average molecular weight is 183 g/mol. The first kappa shape index (κ1) is 12.7. The highest BCUT2D eigenvalue weighted by Gasteiger charge is 2.06. The van der Waals surface area contributed by atoms with Crippen LogP contribution in [0, 0.1) is 11.8 Å². The molecular weight excluding hydrogens is 158 g/mol. The van der Waals surface area contributed by atoms with E-state index in [1.165, 1.54) is 25.7 Å². The molecule has 1 nitrogen and oxygen atoms in total. The van der Waals surface area contributed by atoms with Gasteiger partial charge in [-0.3, -0.25) is 0 Å². The van der Waals surface area contributed by atoms with Crippen LogP contribution < -0.4 is 5.73 Å². The molecule has 0 fully saturated rings. The normalized spacial score (nSPS) is 16.3. The third kappa shape index (κ3) is 8.04. The van der Waals surface area contributed by atoms with Gasteiger partial charge in [0.1, 0.15) is 0 Å². The lowest BCUT2D eigenvalue weighted by molar-refractivity contribution is 0.383. The number of nitrogens with two attached hydrogens (primary N) is 1. The molecule has 0 aliphatic rings. The molecule has 0 aromatic carbocycles. The van der Waals surface area contributed by atoms with Gasteiger partial charge in [-0.1, -0.05) is 26.0 Å². The number of hydrogen-bond donors (Lipinski definition) is 1. The summed E-state index contributed by atoms with van der Waals surface area (Å²) in [6.45, 7) is 7.57. The number of rotatable bonds is 7. The Morgan fingerprint density at radius 2 is 1.77 bits per heavy atom. The topological polar surface area (TPSA) is 26.0 Å². The van der Waals surface area contributed by atoms with Crippen molar-refractivity contribution in [2.24, 2.45) is 17.6 Å². The Hall–Kier alpha value is -0.300. The van der Waals surface area contributed by atoms with Crippen molar-refractivity contribution in [1.29, 1.82) is 0 Å². The zero-order chi connectivity index (χ0) is 10.1. The highest BCUT2D eigenvalue weighted by molar-refractivity contribution is 4.77. The van der Waals surface area contributed by atoms with Gasteiger partial charge in [-0.05, 0) is 51.0 Å². The smallest absolute Gasteiger partial charge is 0.00747 e. The third-order valence-electron chi connectivity index (χ3n) is 2.53. The van der Waals surface area contributed by atoms with Gasteiger partial charge >= 0.3 is 0 Å². The van der Waals surface area contributed by atoms with E-state index in [0.29, 0.717) is 0 Å². The molecule has 13 heavy (non-hydrogen) atoms. The molecule has 0 saturated carbocycles. The maximum Gasteiger partial charge on any atom is -0.00747 e. The molecule has 2 atom stereocenters. The van der Waals surface area contributed by atoms with E-state index >= 15 is 0 Å². The highest BCUT2D eigenvalue weighted by Crippen LogP contribution is 2.18. The molecule has 0 spiro atoms. The molecule has 0 aliphatic carbocycles. The van der Waals surface area contributed by atoms with E-state index < -0.39 is 0 Å². The molecule has 0 saturated heterocycles. The van der Waals surface area contributed by atoms with Gasteiger partial charge in [0.25, 0.3) is 0 Å². The Balaban J connectivity index is 3.43. The van der Waals surface area contributed by atoms with Crippen LogP contribution in [0.4, 0.5) is 0 Å². The fraction of sp³-hybridized carbons (Fsp3) is 0.833. The molecule has 1 heteroatoms. The summed E-state index contributed by atoms with van der Waals surface area (Å²) in [5, 5.41) is 0. The standard InChI is InChI=1S/C12H25N/c1-4-5-6-7-11(2)10-12(3)8-9-13/h4-5,11-12H,6-10,13H2,1-3H3/b5-4-. The molecule has 0 bridgehead atoms. The lowest BCUT2D eigenvalue weighted by Gasteiger charge is -2.15. The largest absolute Gasteiger partial charge is 0.330 e. The summed E-state index contributed by atoms with van der Waals surface area (Å²) in [7, 11) is 0. The third-order valence-corrected chi connectivity index (χ3v) is 2.53. The van der Waals surface area contributed by atoms with E-state index in [0.717, 1.165) is 18.4 Å². The zero-order valence-corrected chi connectivity index (χ0v) is 9.42. The van der Waals surface area contributed by atoms with Crippen LogP contribution in [0.2, 0.25) is 0 Å². The molecule has 0 rings (SSSR count). The molecule has 2 N–H and O–H groups in total. The van der Waals surface area contributed by atoms with Crippen molar-refractivity contribution >= 4 is 0 Å². The van der Waals surface area contributed by atoms with Gasteiger partial charge in [0.15, 0.2) is 0 Å². The second-order valence-corrected chi connectivity index (χ2v) is 4.17. The Kier molecular flexibility index (Phi) is 8.11. The minimum Gasteiger partial charge on any atom is -0.330 e. The molecular formula is C12H25N. The van der Waals surface area contributed by atoms with E-state index in [1.54, 1.807) is 0 Å². The van der Waals surface area contributed by atoms with Gasteiger partial charge in [0, 0.05) is 0 Å². The fourth-order valence-electron chi connectivity index (χ4n) is 1.75. The van der Waals surface area contributed by atoms with Crippen molar-refractivity contribution in [1.82, 2.24) is 0 Å². The van der Waals surface area contributed by atoms with Gasteiger partial charge in [-0.25, -0.2) is 0 Å². The van der Waals surface area contributed by atoms with Crippen molar-refractivity contribution in [2.75, 3.05) is 6.54 Å². The first-order valence-corrected chi connectivity index (χ1v) is 5.51. The summed E-state index contributed by atoms with van der Waals surface area (Å²) in [5.74, 6) is 1.64. The van der Waals surface area contributed by atoms with Crippen molar-refractivity contribution in [3.8, 4) is 0 Å². The summed E-state index contributed by atoms with van der Waals surface area (Å²) in [4.78, 5) is 0. The lowest BCUT2D eigenvalue weighted by Crippen LogP contribution is -2.09. The highest BCUT2D eigenvalue weighted by atomic mass is 14.5. The monoisotopic (exact) mass is 183 g/mol. The SMILES string of the molecule is C/C=C\CCC(C)CC(C)CCN. The van der Waals surface area contributed by atoms with Gasteiger partial charge in [-0.15, -0.1) is 0 Å². The predicted molar refractivity (Wildman–Crippen MR) is 60.7 cm³/mol. The van der Waals surface area contributed by atoms with Crippen LogP contribution in [0.3, 0.4) is 0 Å². The summed E-state index contributed by atoms with van der Waals surface area (Å²) >= 11 is 0. The zero-order valence-electron chi connectivity index (χ0n) is 9.42. The summed E-state index contributed by atoms with van der Waals surface area (Å²) in [5.41, 5.74) is 5.52. The van der Waals surface area contributed by atoms with Crippen molar-refractivity contribution < 1.29 is 0 Å². The number of allylic oxidation sites excluding steroid dienone is 2. The molecule has 0 heterocycles. The first-order valence-electron chi connectivity index (χ1n) is 5.51. The van der Waals surface area contributed by atoms with Gasteiger partial charge in [-0.2, -0.15) is 0 Å². The summed E-state index contributed by atoms with van der Waals surface area (Å²) in [6.07, 6.45) is 9.44. The molecule has 0 aromatic rings. The molecule has 0 radical (unpaired) electrons. The molecule has 0 amide bonds.